The van der Waals surface area contributed by atoms with Crippen molar-refractivity contribution in [2.24, 2.45) is 0 Å². The smallest absolute Gasteiger partial charge is 0.335 e. The van der Waals surface area contributed by atoms with Gasteiger partial charge in [0.2, 0.25) is 5.91 Å². The molecule has 1 aliphatic carbocycles. The van der Waals surface area contributed by atoms with E-state index in [1.165, 1.54) is 35.9 Å². The molecule has 3 fully saturated rings. The minimum absolute atomic E-state index is 0.178. The van der Waals surface area contributed by atoms with Crippen LogP contribution in [0.25, 0.3) is 22.2 Å². The van der Waals surface area contributed by atoms with Crippen molar-refractivity contribution < 1.29 is 24.2 Å². The number of fused-ring (bicyclic) bond motifs is 5. The molecule has 1 saturated carbocycles. The summed E-state index contributed by atoms with van der Waals surface area (Å²) in [5.41, 5.74) is 9.17. The molecule has 4 aromatic rings. The predicted molar refractivity (Wildman–Crippen MR) is 184 cm³/mol. The monoisotopic (exact) mass is 634 g/mol. The number of benzene rings is 3. The summed E-state index contributed by atoms with van der Waals surface area (Å²) >= 11 is 0. The van der Waals surface area contributed by atoms with Crippen LogP contribution < -0.4 is 19.9 Å². The number of ether oxygens (including phenoxy) is 2. The molecular formula is C38H42N4O5. The SMILES string of the molecule is O=C(O)c1ccc2c(C3CCCCC3)c3n(c2c1)CCNc1cc(OCc2cc(N4CCCC4=O)ccc2N2CCOCC2)ccc1-3. The lowest BCUT2D eigenvalue weighted by atomic mass is 9.81. The van der Waals surface area contributed by atoms with Crippen LogP contribution in [0.15, 0.2) is 54.6 Å². The lowest BCUT2D eigenvalue weighted by molar-refractivity contribution is -0.117. The molecule has 9 heteroatoms. The van der Waals surface area contributed by atoms with Gasteiger partial charge in [-0.15, -0.1) is 0 Å². The van der Waals surface area contributed by atoms with Crippen LogP contribution in [0.1, 0.15) is 72.3 Å². The van der Waals surface area contributed by atoms with Crippen LogP contribution in [-0.4, -0.2) is 60.9 Å². The van der Waals surface area contributed by atoms with Gasteiger partial charge in [-0.2, -0.15) is 0 Å². The Kier molecular flexibility index (Phi) is 8.01. The number of amides is 1. The molecule has 3 aromatic carbocycles. The fourth-order valence-corrected chi connectivity index (χ4v) is 8.16. The maximum absolute atomic E-state index is 12.6. The Balaban J connectivity index is 1.14. The molecule has 244 valence electrons. The van der Waals surface area contributed by atoms with Gasteiger partial charge < -0.3 is 34.3 Å². The van der Waals surface area contributed by atoms with E-state index in [2.05, 4.69) is 51.2 Å². The normalized spacial score (nSPS) is 18.5. The summed E-state index contributed by atoms with van der Waals surface area (Å²) < 4.78 is 14.5. The third kappa shape index (κ3) is 5.60. The largest absolute Gasteiger partial charge is 0.489 e. The van der Waals surface area contributed by atoms with Gasteiger partial charge in [0.25, 0.3) is 0 Å². The number of carbonyl (C=O) groups is 2. The zero-order chi connectivity index (χ0) is 31.9. The van der Waals surface area contributed by atoms with Crippen molar-refractivity contribution in [3.05, 3.63) is 71.3 Å². The van der Waals surface area contributed by atoms with E-state index in [-0.39, 0.29) is 5.91 Å². The molecule has 0 spiro atoms. The van der Waals surface area contributed by atoms with Crippen molar-refractivity contribution in [2.75, 3.05) is 54.5 Å². The molecule has 4 heterocycles. The van der Waals surface area contributed by atoms with Gasteiger partial charge in [-0.3, -0.25) is 4.79 Å². The lowest BCUT2D eigenvalue weighted by Gasteiger charge is -2.31. The van der Waals surface area contributed by atoms with Gasteiger partial charge in [0.1, 0.15) is 12.4 Å². The summed E-state index contributed by atoms with van der Waals surface area (Å²) in [5, 5.41) is 14.6. The van der Waals surface area contributed by atoms with Crippen molar-refractivity contribution in [2.45, 2.75) is 64.0 Å². The van der Waals surface area contributed by atoms with Crippen molar-refractivity contribution in [3.8, 4) is 17.0 Å². The second-order valence-electron chi connectivity index (χ2n) is 13.3. The zero-order valence-electron chi connectivity index (χ0n) is 26.8. The predicted octanol–water partition coefficient (Wildman–Crippen LogP) is 7.02. The highest BCUT2D eigenvalue weighted by atomic mass is 16.5. The Hall–Kier alpha value is -4.50. The number of hydrogen-bond donors (Lipinski definition) is 2. The topological polar surface area (TPSA) is 96.3 Å². The van der Waals surface area contributed by atoms with Gasteiger partial charge in [-0.25, -0.2) is 4.79 Å². The number of nitrogens with one attached hydrogen (secondary N) is 1. The molecule has 0 radical (unpaired) electrons. The van der Waals surface area contributed by atoms with E-state index < -0.39 is 5.97 Å². The molecule has 9 nitrogen and oxygen atoms in total. The third-order valence-electron chi connectivity index (χ3n) is 10.5. The van der Waals surface area contributed by atoms with E-state index in [1.807, 2.05) is 17.0 Å². The lowest BCUT2D eigenvalue weighted by Crippen LogP contribution is -2.37. The first-order chi connectivity index (χ1) is 23.0. The van der Waals surface area contributed by atoms with Gasteiger partial charge in [-0.1, -0.05) is 25.3 Å². The minimum atomic E-state index is -0.898. The second kappa shape index (κ2) is 12.6. The van der Waals surface area contributed by atoms with E-state index >= 15 is 0 Å². The van der Waals surface area contributed by atoms with Gasteiger partial charge in [-0.05, 0) is 73.2 Å². The highest BCUT2D eigenvalue weighted by molar-refractivity contribution is 6.00. The summed E-state index contributed by atoms with van der Waals surface area (Å²) in [7, 11) is 0. The fraction of sp³-hybridized carbons (Fsp3) is 0.421. The first-order valence-corrected chi connectivity index (χ1v) is 17.2. The number of nitrogens with zero attached hydrogens (tertiary/aromatic N) is 3. The van der Waals surface area contributed by atoms with Gasteiger partial charge >= 0.3 is 5.97 Å². The molecule has 1 aromatic heterocycles. The van der Waals surface area contributed by atoms with Gasteiger partial charge in [0, 0.05) is 84.3 Å². The molecule has 1 amide bonds. The van der Waals surface area contributed by atoms with E-state index in [4.69, 9.17) is 9.47 Å². The number of carbonyl (C=O) groups excluding carboxylic acids is 1. The number of hydrogen-bond acceptors (Lipinski definition) is 6. The summed E-state index contributed by atoms with van der Waals surface area (Å²) in [5.74, 6) is 0.513. The first kappa shape index (κ1) is 29.9. The zero-order valence-corrected chi connectivity index (χ0v) is 26.8. The van der Waals surface area contributed by atoms with Crippen molar-refractivity contribution >= 4 is 39.8 Å². The van der Waals surface area contributed by atoms with Gasteiger partial charge in [0.05, 0.1) is 24.5 Å². The number of morpholine rings is 1. The summed E-state index contributed by atoms with van der Waals surface area (Å²) in [4.78, 5) is 28.7. The summed E-state index contributed by atoms with van der Waals surface area (Å²) in [6.45, 7) is 5.64. The number of carboxylic acid groups (broad SMARTS) is 1. The van der Waals surface area contributed by atoms with Crippen LogP contribution >= 0.6 is 0 Å². The molecule has 0 unspecified atom stereocenters. The standard InChI is InChI=1S/C38H42N4O5/c43-35-7-4-15-41(35)28-9-13-33(40-17-19-46-20-18-40)27(21-28)24-47-29-10-12-30-32(23-29)39-14-16-42-34-22-26(38(44)45)8-11-31(34)36(37(30)42)25-5-2-1-3-6-25/h8-13,21-23,25,39H,1-7,14-20,24H2,(H,44,45). The Labute approximate surface area is 275 Å². The van der Waals surface area contributed by atoms with Crippen molar-refractivity contribution in [3.63, 3.8) is 0 Å². The van der Waals surface area contributed by atoms with E-state index in [9.17, 15) is 14.7 Å². The van der Waals surface area contributed by atoms with Crippen LogP contribution in [0.3, 0.4) is 0 Å². The van der Waals surface area contributed by atoms with Crippen LogP contribution in [0.4, 0.5) is 17.1 Å². The van der Waals surface area contributed by atoms with E-state index in [1.54, 1.807) is 6.07 Å². The molecule has 4 aliphatic rings. The molecular weight excluding hydrogens is 592 g/mol. The Morgan fingerprint density at radius 1 is 0.936 bits per heavy atom. The van der Waals surface area contributed by atoms with Crippen molar-refractivity contribution in [1.82, 2.24) is 4.57 Å². The molecule has 2 N–H and O–H groups in total. The quantitative estimate of drug-likeness (QED) is 0.226. The highest BCUT2D eigenvalue weighted by Crippen LogP contribution is 2.47. The second-order valence-corrected chi connectivity index (χ2v) is 13.3. The number of carboxylic acids is 1. The maximum Gasteiger partial charge on any atom is 0.335 e. The van der Waals surface area contributed by atoms with Crippen molar-refractivity contribution in [1.29, 1.82) is 0 Å². The number of aromatic nitrogens is 1. The van der Waals surface area contributed by atoms with E-state index in [0.717, 1.165) is 91.4 Å². The summed E-state index contributed by atoms with van der Waals surface area (Å²) in [6.07, 6.45) is 7.52. The van der Waals surface area contributed by atoms with Crippen LogP contribution in [-0.2, 0) is 22.7 Å². The molecule has 8 rings (SSSR count). The number of anilines is 3. The maximum atomic E-state index is 12.6. The Bertz CT molecular complexity index is 1840. The average Bonchev–Trinajstić information content (AvgIpc) is 3.62. The average molecular weight is 635 g/mol. The van der Waals surface area contributed by atoms with Crippen LogP contribution in [0, 0.1) is 0 Å². The Morgan fingerprint density at radius 2 is 1.79 bits per heavy atom. The van der Waals surface area contributed by atoms with Crippen LogP contribution in [0.5, 0.6) is 5.75 Å². The number of aromatic carboxylic acids is 1. The molecule has 0 atom stereocenters. The molecule has 0 bridgehead atoms. The number of rotatable bonds is 7. The first-order valence-electron chi connectivity index (χ1n) is 17.2. The summed E-state index contributed by atoms with van der Waals surface area (Å²) in [6, 6.07) is 18.3. The third-order valence-corrected chi connectivity index (χ3v) is 10.5. The fourth-order valence-electron chi connectivity index (χ4n) is 8.16. The Morgan fingerprint density at radius 3 is 2.57 bits per heavy atom. The highest BCUT2D eigenvalue weighted by Gasteiger charge is 2.30. The minimum Gasteiger partial charge on any atom is -0.489 e. The molecule has 2 saturated heterocycles. The molecule has 47 heavy (non-hydrogen) atoms. The van der Waals surface area contributed by atoms with Crippen LogP contribution in [0.2, 0.25) is 0 Å². The van der Waals surface area contributed by atoms with E-state index in [0.29, 0.717) is 37.7 Å². The molecule has 3 aliphatic heterocycles. The van der Waals surface area contributed by atoms with Gasteiger partial charge in [0.15, 0.2) is 0 Å².